The Morgan fingerprint density at radius 1 is 1.67 bits per heavy atom. The standard InChI is InChI=1S/C8H10N4/c1-2-3-10-8-4-7(5-9)6-11-12-8/h4,6H,2-3H2,1H3,(H,10,12). The average Bonchev–Trinajstić information content (AvgIpc) is 2.15. The molecule has 0 bridgehead atoms. The Labute approximate surface area is 71.2 Å². The van der Waals surface area contributed by atoms with Gasteiger partial charge in [-0.25, -0.2) is 0 Å². The maximum atomic E-state index is 8.54. The third-order valence-electron chi connectivity index (χ3n) is 1.34. The van der Waals surface area contributed by atoms with Crippen LogP contribution in [0.2, 0.25) is 0 Å². The predicted octanol–water partition coefficient (Wildman–Crippen LogP) is 1.17. The zero-order chi connectivity index (χ0) is 8.81. The SMILES string of the molecule is CCCNc1cc(C#N)cnn1. The molecule has 4 heteroatoms. The average molecular weight is 162 g/mol. The molecule has 0 spiro atoms. The van der Waals surface area contributed by atoms with Gasteiger partial charge >= 0.3 is 0 Å². The van der Waals surface area contributed by atoms with E-state index in [1.54, 1.807) is 6.07 Å². The van der Waals surface area contributed by atoms with Crippen molar-refractivity contribution in [3.8, 4) is 6.07 Å². The second kappa shape index (κ2) is 4.29. The molecule has 1 rings (SSSR count). The molecule has 1 aromatic rings. The van der Waals surface area contributed by atoms with Gasteiger partial charge in [0, 0.05) is 12.6 Å². The lowest BCUT2D eigenvalue weighted by molar-refractivity contribution is 0.942. The Balaban J connectivity index is 2.68. The highest BCUT2D eigenvalue weighted by molar-refractivity contribution is 5.40. The fourth-order valence-electron chi connectivity index (χ4n) is 0.767. The summed E-state index contributed by atoms with van der Waals surface area (Å²) in [7, 11) is 0. The lowest BCUT2D eigenvalue weighted by atomic mass is 10.3. The fourth-order valence-corrected chi connectivity index (χ4v) is 0.767. The monoisotopic (exact) mass is 162 g/mol. The molecule has 0 amide bonds. The molecule has 1 N–H and O–H groups in total. The Morgan fingerprint density at radius 2 is 2.50 bits per heavy atom. The molecule has 0 aliphatic carbocycles. The molecular formula is C8H10N4. The van der Waals surface area contributed by atoms with Crippen molar-refractivity contribution in [2.75, 3.05) is 11.9 Å². The van der Waals surface area contributed by atoms with Crippen LogP contribution in [0.3, 0.4) is 0 Å². The van der Waals surface area contributed by atoms with Crippen molar-refractivity contribution in [1.29, 1.82) is 5.26 Å². The summed E-state index contributed by atoms with van der Waals surface area (Å²) in [5.74, 6) is 0.663. The summed E-state index contributed by atoms with van der Waals surface area (Å²) in [6, 6.07) is 3.68. The van der Waals surface area contributed by atoms with Crippen molar-refractivity contribution in [3.05, 3.63) is 17.8 Å². The number of aromatic nitrogens is 2. The highest BCUT2D eigenvalue weighted by Crippen LogP contribution is 2.02. The van der Waals surface area contributed by atoms with Gasteiger partial charge in [-0.1, -0.05) is 6.92 Å². The van der Waals surface area contributed by atoms with Gasteiger partial charge in [0.15, 0.2) is 0 Å². The largest absolute Gasteiger partial charge is 0.369 e. The number of nitrogens with one attached hydrogen (secondary N) is 1. The lowest BCUT2D eigenvalue weighted by Crippen LogP contribution is -2.02. The number of nitrogens with zero attached hydrogens (tertiary/aromatic N) is 3. The Kier molecular flexibility index (Phi) is 3.03. The summed E-state index contributed by atoms with van der Waals surface area (Å²) >= 11 is 0. The first-order valence-electron chi connectivity index (χ1n) is 3.83. The molecule has 62 valence electrons. The fraction of sp³-hybridized carbons (Fsp3) is 0.375. The minimum atomic E-state index is 0.531. The maximum absolute atomic E-state index is 8.54. The number of rotatable bonds is 3. The van der Waals surface area contributed by atoms with Gasteiger partial charge in [0.25, 0.3) is 0 Å². The molecule has 12 heavy (non-hydrogen) atoms. The normalized spacial score (nSPS) is 9.00. The highest BCUT2D eigenvalue weighted by Gasteiger charge is 1.94. The first kappa shape index (κ1) is 8.47. The first-order valence-corrected chi connectivity index (χ1v) is 3.83. The summed E-state index contributed by atoms with van der Waals surface area (Å²) in [4.78, 5) is 0. The van der Waals surface area contributed by atoms with Gasteiger partial charge in [-0.2, -0.15) is 10.4 Å². The summed E-state index contributed by atoms with van der Waals surface area (Å²) in [6.07, 6.45) is 2.47. The van der Waals surface area contributed by atoms with Crippen LogP contribution in [0.5, 0.6) is 0 Å². The van der Waals surface area contributed by atoms with Gasteiger partial charge in [-0.15, -0.1) is 5.10 Å². The van der Waals surface area contributed by atoms with Crippen LogP contribution < -0.4 is 5.32 Å². The zero-order valence-corrected chi connectivity index (χ0v) is 6.91. The number of hydrogen-bond donors (Lipinski definition) is 1. The second-order valence-corrected chi connectivity index (χ2v) is 2.37. The first-order chi connectivity index (χ1) is 5.86. The smallest absolute Gasteiger partial charge is 0.149 e. The second-order valence-electron chi connectivity index (χ2n) is 2.37. The van der Waals surface area contributed by atoms with Crippen molar-refractivity contribution in [2.45, 2.75) is 13.3 Å². The molecule has 0 saturated carbocycles. The van der Waals surface area contributed by atoms with Gasteiger partial charge in [0.2, 0.25) is 0 Å². The quantitative estimate of drug-likeness (QED) is 0.724. The predicted molar refractivity (Wildman–Crippen MR) is 45.5 cm³/mol. The van der Waals surface area contributed by atoms with Crippen LogP contribution in [0.25, 0.3) is 0 Å². The van der Waals surface area contributed by atoms with E-state index in [-0.39, 0.29) is 0 Å². The molecule has 0 aromatic carbocycles. The van der Waals surface area contributed by atoms with Gasteiger partial charge in [-0.05, 0) is 6.42 Å². The van der Waals surface area contributed by atoms with Crippen molar-refractivity contribution in [3.63, 3.8) is 0 Å². The molecule has 4 nitrogen and oxygen atoms in total. The molecule has 0 fully saturated rings. The van der Waals surface area contributed by atoms with Crippen LogP contribution in [-0.2, 0) is 0 Å². The minimum absolute atomic E-state index is 0.531. The highest BCUT2D eigenvalue weighted by atomic mass is 15.2. The van der Waals surface area contributed by atoms with Gasteiger partial charge < -0.3 is 5.32 Å². The van der Waals surface area contributed by atoms with E-state index in [2.05, 4.69) is 22.4 Å². The van der Waals surface area contributed by atoms with Crippen LogP contribution in [-0.4, -0.2) is 16.7 Å². The molecule has 0 aliphatic rings. The van der Waals surface area contributed by atoms with Crippen molar-refractivity contribution >= 4 is 5.82 Å². The van der Waals surface area contributed by atoms with E-state index >= 15 is 0 Å². The number of nitriles is 1. The van der Waals surface area contributed by atoms with Crippen LogP contribution in [0, 0.1) is 11.3 Å². The molecule has 0 atom stereocenters. The number of hydrogen-bond acceptors (Lipinski definition) is 4. The van der Waals surface area contributed by atoms with E-state index in [1.165, 1.54) is 6.20 Å². The summed E-state index contributed by atoms with van der Waals surface area (Å²) in [5, 5.41) is 19.1. The van der Waals surface area contributed by atoms with Crippen LogP contribution in [0.1, 0.15) is 18.9 Å². The van der Waals surface area contributed by atoms with Crippen molar-refractivity contribution < 1.29 is 0 Å². The van der Waals surface area contributed by atoms with E-state index < -0.39 is 0 Å². The Bertz CT molecular complexity index is 289. The van der Waals surface area contributed by atoms with Crippen molar-refractivity contribution in [2.24, 2.45) is 0 Å². The summed E-state index contributed by atoms with van der Waals surface area (Å²) < 4.78 is 0. The van der Waals surface area contributed by atoms with E-state index in [4.69, 9.17) is 5.26 Å². The maximum Gasteiger partial charge on any atom is 0.149 e. The van der Waals surface area contributed by atoms with Crippen LogP contribution in [0.4, 0.5) is 5.82 Å². The molecule has 0 saturated heterocycles. The Hall–Kier alpha value is -1.63. The van der Waals surface area contributed by atoms with E-state index in [1.807, 2.05) is 6.07 Å². The lowest BCUT2D eigenvalue weighted by Gasteiger charge is -2.00. The molecule has 0 aliphatic heterocycles. The van der Waals surface area contributed by atoms with E-state index in [0.717, 1.165) is 13.0 Å². The van der Waals surface area contributed by atoms with Crippen LogP contribution >= 0.6 is 0 Å². The zero-order valence-electron chi connectivity index (χ0n) is 6.91. The van der Waals surface area contributed by atoms with Crippen molar-refractivity contribution in [1.82, 2.24) is 10.2 Å². The van der Waals surface area contributed by atoms with Crippen LogP contribution in [0.15, 0.2) is 12.3 Å². The van der Waals surface area contributed by atoms with Gasteiger partial charge in [0.1, 0.15) is 11.9 Å². The molecule has 1 aromatic heterocycles. The third kappa shape index (κ3) is 2.20. The minimum Gasteiger partial charge on any atom is -0.369 e. The Morgan fingerprint density at radius 3 is 3.17 bits per heavy atom. The molecule has 1 heterocycles. The van der Waals surface area contributed by atoms with Gasteiger partial charge in [0.05, 0.1) is 11.8 Å². The molecule has 0 unspecified atom stereocenters. The topological polar surface area (TPSA) is 61.6 Å². The third-order valence-corrected chi connectivity index (χ3v) is 1.34. The number of anilines is 1. The summed E-state index contributed by atoms with van der Waals surface area (Å²) in [6.45, 7) is 2.91. The molecular weight excluding hydrogens is 152 g/mol. The summed E-state index contributed by atoms with van der Waals surface area (Å²) in [5.41, 5.74) is 0.531. The molecule has 0 radical (unpaired) electrons. The van der Waals surface area contributed by atoms with E-state index in [9.17, 15) is 0 Å². The van der Waals surface area contributed by atoms with E-state index in [0.29, 0.717) is 11.4 Å². The van der Waals surface area contributed by atoms with Gasteiger partial charge in [-0.3, -0.25) is 0 Å².